The number of rotatable bonds is 0. The molecule has 0 radical (unpaired) electrons. The molecule has 0 amide bonds. The Hall–Kier alpha value is 3.51. The first-order chi connectivity index (χ1) is 3.41. The van der Waals surface area contributed by atoms with E-state index in [1.54, 1.807) is 0 Å². The molecule has 0 aromatic heterocycles. The fourth-order valence-corrected chi connectivity index (χ4v) is 0. The molecule has 0 heterocycles. The van der Waals surface area contributed by atoms with Crippen molar-refractivity contribution in [2.45, 2.75) is 0 Å². The summed E-state index contributed by atoms with van der Waals surface area (Å²) < 4.78 is 8.55. The van der Waals surface area contributed by atoms with Crippen LogP contribution < -0.4 is 133 Å². The van der Waals surface area contributed by atoms with E-state index < -0.39 is 7.82 Å². The van der Waals surface area contributed by atoms with E-state index in [1.165, 1.54) is 0 Å². The van der Waals surface area contributed by atoms with Crippen LogP contribution >= 0.6 is 7.82 Å². The Bertz CT molecular complexity index is 93.5. The third-order valence-corrected chi connectivity index (χ3v) is 0. The first kappa shape index (κ1) is 36.1. The predicted molar refractivity (Wildman–Crippen MR) is 16.8 cm³/mol. The SMILES string of the molecule is O=N[O-].O=P([O-])([O-])[O-].[Na+].[Na+].[Na+].[Na+]. The van der Waals surface area contributed by atoms with Gasteiger partial charge in [-0.2, -0.15) is 7.82 Å². The van der Waals surface area contributed by atoms with Crippen molar-refractivity contribution < 1.29 is 137 Å². The third kappa shape index (κ3) is 172. The van der Waals surface area contributed by atoms with Crippen molar-refractivity contribution in [2.24, 2.45) is 5.34 Å². The molecule has 0 spiro atoms. The van der Waals surface area contributed by atoms with Gasteiger partial charge in [-0.25, -0.2) is 0 Å². The van der Waals surface area contributed by atoms with E-state index in [4.69, 9.17) is 29.4 Å². The molecule has 12 heavy (non-hydrogen) atoms. The van der Waals surface area contributed by atoms with Crippen LogP contribution in [0.15, 0.2) is 5.34 Å². The van der Waals surface area contributed by atoms with Crippen molar-refractivity contribution in [3.63, 3.8) is 0 Å². The molecule has 0 atom stereocenters. The quantitative estimate of drug-likeness (QED) is 0.176. The maximum atomic E-state index is 8.55. The zero-order valence-corrected chi connectivity index (χ0v) is 16.2. The van der Waals surface area contributed by atoms with E-state index in [-0.39, 0.29) is 118 Å². The first-order valence-electron chi connectivity index (χ1n) is 1.10. The predicted octanol–water partition coefficient (Wildman–Crippen LogP) is -14.6. The summed E-state index contributed by atoms with van der Waals surface area (Å²) in [5.41, 5.74) is 0. The zero-order valence-electron chi connectivity index (χ0n) is 7.34. The normalized spacial score (nSPS) is 5.92. The van der Waals surface area contributed by atoms with Crippen LogP contribution in [0.2, 0.25) is 0 Å². The topological polar surface area (TPSA) is 139 Å². The number of nitrogens with zero attached hydrogens (tertiary/aromatic N) is 1. The smallest absolute Gasteiger partial charge is 0.822 e. The number of hydrogen-bond donors (Lipinski definition) is 0. The Morgan fingerprint density at radius 1 is 0.917 bits per heavy atom. The second-order valence-corrected chi connectivity index (χ2v) is 1.42. The van der Waals surface area contributed by atoms with Gasteiger partial charge < -0.3 is 29.4 Å². The Morgan fingerprint density at radius 3 is 0.917 bits per heavy atom. The van der Waals surface area contributed by atoms with Crippen molar-refractivity contribution in [3.8, 4) is 0 Å². The van der Waals surface area contributed by atoms with Crippen LogP contribution in [-0.4, -0.2) is 0 Å². The van der Waals surface area contributed by atoms with Crippen LogP contribution in [0.3, 0.4) is 0 Å². The summed E-state index contributed by atoms with van der Waals surface area (Å²) in [6, 6.07) is 0. The maximum Gasteiger partial charge on any atom is 1.00 e. The Morgan fingerprint density at radius 2 is 0.917 bits per heavy atom. The minimum atomic E-state index is -5.39. The molecule has 0 rings (SSSR count). The summed E-state index contributed by atoms with van der Waals surface area (Å²) in [6.07, 6.45) is 0. The molecule has 50 valence electrons. The van der Waals surface area contributed by atoms with Gasteiger partial charge in [-0.3, -0.25) is 0 Å². The molecule has 0 aliphatic heterocycles. The molecule has 0 aliphatic carbocycles. The third-order valence-electron chi connectivity index (χ3n) is 0. The molecule has 0 aromatic carbocycles. The molecule has 12 heteroatoms. The Kier molecular flexibility index (Phi) is 72.1. The second-order valence-electron chi connectivity index (χ2n) is 0.522. The van der Waals surface area contributed by atoms with Crippen LogP contribution in [0.4, 0.5) is 0 Å². The fraction of sp³-hybridized carbons (Fsp3) is 0. The van der Waals surface area contributed by atoms with Gasteiger partial charge in [-0.15, -0.1) is 5.34 Å². The van der Waals surface area contributed by atoms with Crippen LogP contribution in [0, 0.1) is 10.1 Å². The molecule has 0 N–H and O–H groups in total. The van der Waals surface area contributed by atoms with Gasteiger partial charge in [0.15, 0.2) is 0 Å². The van der Waals surface area contributed by atoms with Gasteiger partial charge in [0.2, 0.25) is 0 Å². The average molecular weight is 233 g/mol. The monoisotopic (exact) mass is 233 g/mol. The van der Waals surface area contributed by atoms with Gasteiger partial charge in [0, 0.05) is 0 Å². The fourth-order valence-electron chi connectivity index (χ4n) is 0. The first-order valence-corrected chi connectivity index (χ1v) is 2.56. The molecule has 0 aromatic rings. The van der Waals surface area contributed by atoms with Crippen LogP contribution in [0.5, 0.6) is 0 Å². The minimum Gasteiger partial charge on any atom is -0.822 e. The summed E-state index contributed by atoms with van der Waals surface area (Å²) >= 11 is 0. The summed E-state index contributed by atoms with van der Waals surface area (Å²) in [6.45, 7) is 0. The molecular formula is NNa4O6P. The summed E-state index contributed by atoms with van der Waals surface area (Å²) in [7, 11) is -5.39. The molecule has 0 saturated carbocycles. The van der Waals surface area contributed by atoms with E-state index >= 15 is 0 Å². The van der Waals surface area contributed by atoms with E-state index in [2.05, 4.69) is 0 Å². The van der Waals surface area contributed by atoms with Gasteiger partial charge in [-0.1, -0.05) is 0 Å². The van der Waals surface area contributed by atoms with Gasteiger partial charge in [0.25, 0.3) is 0 Å². The van der Waals surface area contributed by atoms with Gasteiger partial charge >= 0.3 is 118 Å². The standard InChI is InChI=1S/HNO2.4Na.H3O4P/c2-1-3;;;;;1-5(2,3)4/h(H,2,3);;;;;(H3,1,2,3,4)/q;4*+1;/p-4. The summed E-state index contributed by atoms with van der Waals surface area (Å²) in [5, 5.41) is 9.00. The molecule has 0 unspecified atom stereocenters. The molecule has 0 bridgehead atoms. The van der Waals surface area contributed by atoms with Crippen molar-refractivity contribution >= 4 is 7.82 Å². The Balaban J connectivity index is -0.0000000119. The maximum absolute atomic E-state index is 8.55. The van der Waals surface area contributed by atoms with E-state index in [0.717, 1.165) is 5.34 Å². The number of phosphoric acid groups is 1. The molecule has 0 aliphatic rings. The minimum absolute atomic E-state index is 0. The van der Waals surface area contributed by atoms with Crippen LogP contribution in [0.1, 0.15) is 0 Å². The largest absolute Gasteiger partial charge is 1.00 e. The molecular weight excluding hydrogens is 233 g/mol. The zero-order chi connectivity index (χ0) is 7.21. The summed E-state index contributed by atoms with van der Waals surface area (Å²) in [5.74, 6) is 0. The summed E-state index contributed by atoms with van der Waals surface area (Å²) in [4.78, 5) is 33.6. The average Bonchev–Trinajstić information content (AvgIpc) is 1.27. The van der Waals surface area contributed by atoms with Crippen molar-refractivity contribution in [2.75, 3.05) is 0 Å². The Labute approximate surface area is 157 Å². The molecule has 7 nitrogen and oxygen atoms in total. The van der Waals surface area contributed by atoms with E-state index in [1.807, 2.05) is 0 Å². The number of hydrogen-bond acceptors (Lipinski definition) is 7. The van der Waals surface area contributed by atoms with Gasteiger partial charge in [-0.05, 0) is 0 Å². The van der Waals surface area contributed by atoms with Crippen molar-refractivity contribution in [1.29, 1.82) is 0 Å². The van der Waals surface area contributed by atoms with Crippen LogP contribution in [0.25, 0.3) is 0 Å². The van der Waals surface area contributed by atoms with E-state index in [9.17, 15) is 0 Å². The molecule has 0 saturated heterocycles. The van der Waals surface area contributed by atoms with Crippen LogP contribution in [-0.2, 0) is 4.57 Å². The van der Waals surface area contributed by atoms with Gasteiger partial charge in [0.1, 0.15) is 0 Å². The van der Waals surface area contributed by atoms with E-state index in [0.29, 0.717) is 0 Å². The van der Waals surface area contributed by atoms with Crippen molar-refractivity contribution in [3.05, 3.63) is 10.1 Å². The van der Waals surface area contributed by atoms with Gasteiger partial charge in [0.05, 0.1) is 0 Å². The molecule has 0 fully saturated rings. The second kappa shape index (κ2) is 24.0. The van der Waals surface area contributed by atoms with Crippen molar-refractivity contribution in [1.82, 2.24) is 0 Å².